The van der Waals surface area contributed by atoms with Gasteiger partial charge in [-0.2, -0.15) is 0 Å². The summed E-state index contributed by atoms with van der Waals surface area (Å²) in [5.41, 5.74) is 0. The molecule has 78 valence electrons. The summed E-state index contributed by atoms with van der Waals surface area (Å²) in [7, 11) is 1.40. The Morgan fingerprint density at radius 2 is 2.08 bits per heavy atom. The quantitative estimate of drug-likeness (QED) is 0.697. The molecule has 0 heterocycles. The van der Waals surface area contributed by atoms with Crippen molar-refractivity contribution in [2.45, 2.75) is 32.2 Å². The number of carbonyl (C=O) groups is 1. The topological polar surface area (TPSA) is 40.5 Å². The molecule has 0 radical (unpaired) electrons. The number of halogens is 2. The highest BCUT2D eigenvalue weighted by atomic mass is 19.3. The van der Waals surface area contributed by atoms with Crippen LogP contribution >= 0.6 is 0 Å². The molecule has 5 heteroatoms. The van der Waals surface area contributed by atoms with E-state index in [-0.39, 0.29) is 0 Å². The molecule has 0 amide bonds. The number of alkyl halides is 2. The van der Waals surface area contributed by atoms with Gasteiger partial charge in [-0.25, -0.2) is 8.78 Å². The maximum absolute atomic E-state index is 11.9. The van der Waals surface area contributed by atoms with Crippen LogP contribution in [-0.2, 0) is 4.79 Å². The molecule has 1 unspecified atom stereocenters. The van der Waals surface area contributed by atoms with Crippen molar-refractivity contribution in [3.8, 4) is 0 Å². The molecule has 0 saturated heterocycles. The lowest BCUT2D eigenvalue weighted by Gasteiger charge is -2.23. The third-order valence-electron chi connectivity index (χ3n) is 1.81. The van der Waals surface area contributed by atoms with Crippen LogP contribution in [-0.4, -0.2) is 42.0 Å². The summed E-state index contributed by atoms with van der Waals surface area (Å²) in [6, 6.07) is -0.793. The van der Waals surface area contributed by atoms with Crippen LogP contribution in [0.4, 0.5) is 8.78 Å². The first-order chi connectivity index (χ1) is 5.99. The van der Waals surface area contributed by atoms with Crippen LogP contribution in [0.2, 0.25) is 0 Å². The van der Waals surface area contributed by atoms with Crippen molar-refractivity contribution in [1.82, 2.24) is 4.90 Å². The van der Waals surface area contributed by atoms with E-state index in [0.717, 1.165) is 0 Å². The van der Waals surface area contributed by atoms with E-state index < -0.39 is 25.0 Å². The molecular formula is C8H15F2NO2. The van der Waals surface area contributed by atoms with Gasteiger partial charge in [-0.1, -0.05) is 13.3 Å². The third kappa shape index (κ3) is 4.77. The Hall–Kier alpha value is -0.710. The van der Waals surface area contributed by atoms with E-state index in [1.54, 1.807) is 0 Å². The average molecular weight is 195 g/mol. The minimum atomic E-state index is -2.48. The number of likely N-dealkylation sites (N-methyl/N-ethyl adjacent to an activating group) is 1. The summed E-state index contributed by atoms with van der Waals surface area (Å²) in [6.07, 6.45) is -1.41. The zero-order chi connectivity index (χ0) is 10.4. The Bertz CT molecular complexity index is 164. The predicted molar refractivity (Wildman–Crippen MR) is 45.0 cm³/mol. The molecule has 1 N–H and O–H groups in total. The highest BCUT2D eigenvalue weighted by Gasteiger charge is 2.23. The van der Waals surface area contributed by atoms with Crippen molar-refractivity contribution in [3.05, 3.63) is 0 Å². The fourth-order valence-electron chi connectivity index (χ4n) is 1.15. The molecule has 1 atom stereocenters. The fourth-order valence-corrected chi connectivity index (χ4v) is 1.15. The van der Waals surface area contributed by atoms with E-state index in [0.29, 0.717) is 12.8 Å². The lowest BCUT2D eigenvalue weighted by atomic mass is 10.1. The lowest BCUT2D eigenvalue weighted by Crippen LogP contribution is -2.40. The van der Waals surface area contributed by atoms with Gasteiger partial charge in [0.25, 0.3) is 6.43 Å². The van der Waals surface area contributed by atoms with Crippen molar-refractivity contribution in [2.24, 2.45) is 0 Å². The molecule has 0 saturated carbocycles. The van der Waals surface area contributed by atoms with Crippen LogP contribution in [0.1, 0.15) is 19.8 Å². The normalized spacial score (nSPS) is 13.7. The fraction of sp³-hybridized carbons (Fsp3) is 0.875. The van der Waals surface area contributed by atoms with E-state index in [4.69, 9.17) is 5.11 Å². The summed E-state index contributed by atoms with van der Waals surface area (Å²) in [4.78, 5) is 11.8. The number of hydrogen-bond donors (Lipinski definition) is 1. The molecule has 3 nitrogen and oxygen atoms in total. The van der Waals surface area contributed by atoms with Crippen molar-refractivity contribution >= 4 is 5.97 Å². The highest BCUT2D eigenvalue weighted by molar-refractivity contribution is 5.73. The summed E-state index contributed by atoms with van der Waals surface area (Å²) < 4.78 is 23.8. The van der Waals surface area contributed by atoms with Gasteiger partial charge in [-0.15, -0.1) is 0 Å². The van der Waals surface area contributed by atoms with Crippen molar-refractivity contribution in [1.29, 1.82) is 0 Å². The zero-order valence-electron chi connectivity index (χ0n) is 7.83. The number of rotatable bonds is 6. The van der Waals surface area contributed by atoms with Gasteiger partial charge in [0, 0.05) is 0 Å². The minimum Gasteiger partial charge on any atom is -0.480 e. The maximum atomic E-state index is 11.9. The summed E-state index contributed by atoms with van der Waals surface area (Å²) in [5, 5.41) is 8.70. The van der Waals surface area contributed by atoms with Gasteiger partial charge >= 0.3 is 5.97 Å². The van der Waals surface area contributed by atoms with Gasteiger partial charge in [-0.3, -0.25) is 9.69 Å². The van der Waals surface area contributed by atoms with E-state index in [2.05, 4.69) is 0 Å². The molecule has 0 rings (SSSR count). The molecule has 13 heavy (non-hydrogen) atoms. The smallest absolute Gasteiger partial charge is 0.320 e. The van der Waals surface area contributed by atoms with Crippen molar-refractivity contribution in [2.75, 3.05) is 13.6 Å². The molecular weight excluding hydrogens is 180 g/mol. The van der Waals surface area contributed by atoms with Gasteiger partial charge in [0.05, 0.1) is 6.54 Å². The Balaban J connectivity index is 4.10. The Labute approximate surface area is 76.3 Å². The molecule has 0 aliphatic heterocycles. The SMILES string of the molecule is CCCC(C(=O)O)N(C)CC(F)F. The molecule has 0 aromatic heterocycles. The molecule has 0 spiro atoms. The van der Waals surface area contributed by atoms with Crippen LogP contribution in [0.15, 0.2) is 0 Å². The van der Waals surface area contributed by atoms with Gasteiger partial charge in [0.2, 0.25) is 0 Å². The van der Waals surface area contributed by atoms with Crippen LogP contribution in [0, 0.1) is 0 Å². The summed E-state index contributed by atoms with van der Waals surface area (Å²) >= 11 is 0. The molecule has 0 aromatic carbocycles. The monoisotopic (exact) mass is 195 g/mol. The molecule has 0 bridgehead atoms. The van der Waals surface area contributed by atoms with Crippen molar-refractivity contribution < 1.29 is 18.7 Å². The molecule has 0 aromatic rings. The van der Waals surface area contributed by atoms with Gasteiger partial charge in [0.1, 0.15) is 6.04 Å². The molecule has 0 fully saturated rings. The van der Waals surface area contributed by atoms with Crippen molar-refractivity contribution in [3.63, 3.8) is 0 Å². The Morgan fingerprint density at radius 1 is 1.54 bits per heavy atom. The first-order valence-corrected chi connectivity index (χ1v) is 4.20. The van der Waals surface area contributed by atoms with Crippen LogP contribution in [0.25, 0.3) is 0 Å². The Kier molecular flexibility index (Phi) is 5.53. The second kappa shape index (κ2) is 5.85. The van der Waals surface area contributed by atoms with Gasteiger partial charge in [0.15, 0.2) is 0 Å². The van der Waals surface area contributed by atoms with E-state index in [9.17, 15) is 13.6 Å². The number of hydrogen-bond acceptors (Lipinski definition) is 2. The number of carboxylic acid groups (broad SMARTS) is 1. The van der Waals surface area contributed by atoms with E-state index in [1.165, 1.54) is 11.9 Å². The maximum Gasteiger partial charge on any atom is 0.320 e. The van der Waals surface area contributed by atoms with Gasteiger partial charge in [-0.05, 0) is 13.5 Å². The standard InChI is InChI=1S/C8H15F2NO2/c1-3-4-6(8(12)13)11(2)5-7(9)10/h6-7H,3-5H2,1-2H3,(H,12,13). The zero-order valence-corrected chi connectivity index (χ0v) is 7.83. The third-order valence-corrected chi connectivity index (χ3v) is 1.81. The lowest BCUT2D eigenvalue weighted by molar-refractivity contribution is -0.143. The van der Waals surface area contributed by atoms with Crippen LogP contribution in [0.3, 0.4) is 0 Å². The van der Waals surface area contributed by atoms with Crippen LogP contribution < -0.4 is 0 Å². The molecule has 0 aliphatic carbocycles. The Morgan fingerprint density at radius 3 is 2.38 bits per heavy atom. The predicted octanol–water partition coefficient (Wildman–Crippen LogP) is 1.44. The van der Waals surface area contributed by atoms with E-state index >= 15 is 0 Å². The second-order valence-electron chi connectivity index (χ2n) is 2.97. The largest absolute Gasteiger partial charge is 0.480 e. The number of aliphatic carboxylic acids is 1. The highest BCUT2D eigenvalue weighted by Crippen LogP contribution is 2.07. The first kappa shape index (κ1) is 12.3. The number of carboxylic acids is 1. The average Bonchev–Trinajstić information content (AvgIpc) is 1.97. The molecule has 0 aliphatic rings. The van der Waals surface area contributed by atoms with Crippen LogP contribution in [0.5, 0.6) is 0 Å². The number of nitrogens with zero attached hydrogens (tertiary/aromatic N) is 1. The van der Waals surface area contributed by atoms with Gasteiger partial charge < -0.3 is 5.11 Å². The van der Waals surface area contributed by atoms with E-state index in [1.807, 2.05) is 6.92 Å². The summed E-state index contributed by atoms with van der Waals surface area (Å²) in [5.74, 6) is -1.04. The summed E-state index contributed by atoms with van der Waals surface area (Å²) in [6.45, 7) is 1.34. The minimum absolute atomic E-state index is 0.401. The first-order valence-electron chi connectivity index (χ1n) is 4.20. The second-order valence-corrected chi connectivity index (χ2v) is 2.97.